The van der Waals surface area contributed by atoms with Gasteiger partial charge in [0.1, 0.15) is 5.56 Å². The maximum Gasteiger partial charge on any atom is 0.261 e. The molecule has 6 nitrogen and oxygen atoms in total. The van der Waals surface area contributed by atoms with Gasteiger partial charge in [0.2, 0.25) is 0 Å². The van der Waals surface area contributed by atoms with Crippen LogP contribution in [0.3, 0.4) is 0 Å². The summed E-state index contributed by atoms with van der Waals surface area (Å²) in [5.74, 6) is -0.209. The van der Waals surface area contributed by atoms with Gasteiger partial charge in [0.05, 0.1) is 6.04 Å². The Morgan fingerprint density at radius 3 is 2.96 bits per heavy atom. The molecule has 122 valence electrons. The number of piperidine rings is 1. The van der Waals surface area contributed by atoms with Gasteiger partial charge in [0.15, 0.2) is 0 Å². The van der Waals surface area contributed by atoms with Crippen LogP contribution in [-0.4, -0.2) is 38.7 Å². The predicted molar refractivity (Wildman–Crippen MR) is 91.0 cm³/mol. The lowest BCUT2D eigenvalue weighted by molar-refractivity contribution is 0.0671. The summed E-state index contributed by atoms with van der Waals surface area (Å²) in [6.45, 7) is 1.25. The van der Waals surface area contributed by atoms with Crippen molar-refractivity contribution in [2.75, 3.05) is 13.1 Å². The van der Waals surface area contributed by atoms with E-state index >= 15 is 0 Å². The van der Waals surface area contributed by atoms with E-state index in [1.54, 1.807) is 17.2 Å². The third kappa shape index (κ3) is 2.60. The lowest BCUT2D eigenvalue weighted by Gasteiger charge is -2.32. The first-order valence-electron chi connectivity index (χ1n) is 8.13. The van der Waals surface area contributed by atoms with Gasteiger partial charge in [-0.2, -0.15) is 5.10 Å². The number of amides is 1. The third-order valence-electron chi connectivity index (χ3n) is 4.57. The molecule has 1 amide bonds. The molecule has 1 fully saturated rings. The van der Waals surface area contributed by atoms with E-state index in [4.69, 9.17) is 0 Å². The second kappa shape index (κ2) is 5.96. The number of para-hydroxylation sites is 1. The summed E-state index contributed by atoms with van der Waals surface area (Å²) >= 11 is 0. The number of likely N-dealkylation sites (tertiary alicyclic amines) is 1. The predicted octanol–water partition coefficient (Wildman–Crippen LogP) is 2.20. The number of carbonyl (C=O) groups is 1. The molecule has 3 heterocycles. The highest BCUT2D eigenvalue weighted by Crippen LogP contribution is 2.22. The van der Waals surface area contributed by atoms with Crippen LogP contribution >= 0.6 is 0 Å². The number of nitrogens with zero attached hydrogens (tertiary/aromatic N) is 3. The molecule has 3 aromatic rings. The molecule has 24 heavy (non-hydrogen) atoms. The van der Waals surface area contributed by atoms with Crippen LogP contribution in [0.1, 0.15) is 29.2 Å². The normalized spacial score (nSPS) is 18.0. The van der Waals surface area contributed by atoms with E-state index in [2.05, 4.69) is 10.1 Å². The molecule has 6 heteroatoms. The standard InChI is InChI=1S/C18H18N4O2/c23-17-15(11-13-5-1-2-7-16(13)20-17)18(24)21-9-3-6-14(12-21)22-10-4-8-19-22/h1-2,4-5,7-8,10-11,14H,3,6,9,12H2,(H,20,23). The van der Waals surface area contributed by atoms with E-state index < -0.39 is 0 Å². The molecule has 0 spiro atoms. The molecule has 1 aliphatic heterocycles. The number of carbonyl (C=O) groups excluding carboxylic acids is 1. The van der Waals surface area contributed by atoms with Crippen molar-refractivity contribution < 1.29 is 4.79 Å². The van der Waals surface area contributed by atoms with Crippen LogP contribution < -0.4 is 5.56 Å². The minimum absolute atomic E-state index is 0.164. The summed E-state index contributed by atoms with van der Waals surface area (Å²) in [5, 5.41) is 5.14. The van der Waals surface area contributed by atoms with E-state index in [1.807, 2.05) is 41.2 Å². The molecule has 0 radical (unpaired) electrons. The summed E-state index contributed by atoms with van der Waals surface area (Å²) in [7, 11) is 0. The van der Waals surface area contributed by atoms with Crippen molar-refractivity contribution in [3.8, 4) is 0 Å². The second-order valence-corrected chi connectivity index (χ2v) is 6.13. The second-order valence-electron chi connectivity index (χ2n) is 6.13. The van der Waals surface area contributed by atoms with Gasteiger partial charge in [-0.25, -0.2) is 0 Å². The number of benzene rings is 1. The topological polar surface area (TPSA) is 71.0 Å². The lowest BCUT2D eigenvalue weighted by Crippen LogP contribution is -2.42. The molecule has 4 rings (SSSR count). The van der Waals surface area contributed by atoms with Gasteiger partial charge in [0.25, 0.3) is 11.5 Å². The first-order chi connectivity index (χ1) is 11.7. The van der Waals surface area contributed by atoms with E-state index in [0.717, 1.165) is 23.7 Å². The van der Waals surface area contributed by atoms with Crippen LogP contribution in [-0.2, 0) is 0 Å². The molecule has 1 saturated heterocycles. The Kier molecular flexibility index (Phi) is 3.65. The van der Waals surface area contributed by atoms with Crippen molar-refractivity contribution in [1.29, 1.82) is 0 Å². The Morgan fingerprint density at radius 1 is 1.25 bits per heavy atom. The van der Waals surface area contributed by atoms with Gasteiger partial charge in [-0.1, -0.05) is 18.2 Å². The molecular weight excluding hydrogens is 304 g/mol. The smallest absolute Gasteiger partial charge is 0.261 e. The van der Waals surface area contributed by atoms with Crippen LogP contribution in [0.25, 0.3) is 10.9 Å². The van der Waals surface area contributed by atoms with Crippen molar-refractivity contribution in [3.63, 3.8) is 0 Å². The maximum absolute atomic E-state index is 12.9. The Hall–Kier alpha value is -2.89. The van der Waals surface area contributed by atoms with Gasteiger partial charge in [-0.15, -0.1) is 0 Å². The Balaban J connectivity index is 1.63. The number of aromatic nitrogens is 3. The molecule has 0 bridgehead atoms. The van der Waals surface area contributed by atoms with Crippen LogP contribution in [0.5, 0.6) is 0 Å². The van der Waals surface area contributed by atoms with E-state index in [0.29, 0.717) is 13.1 Å². The molecule has 2 aromatic heterocycles. The largest absolute Gasteiger partial charge is 0.336 e. The summed E-state index contributed by atoms with van der Waals surface area (Å²) in [4.78, 5) is 29.7. The van der Waals surface area contributed by atoms with Gasteiger partial charge in [-0.05, 0) is 36.4 Å². The molecule has 0 aliphatic carbocycles. The zero-order valence-corrected chi connectivity index (χ0v) is 13.2. The molecule has 1 aliphatic rings. The van der Waals surface area contributed by atoms with E-state index in [9.17, 15) is 9.59 Å². The van der Waals surface area contributed by atoms with Crippen LogP contribution in [0.4, 0.5) is 0 Å². The number of hydrogen-bond acceptors (Lipinski definition) is 3. The van der Waals surface area contributed by atoms with Crippen LogP contribution in [0.2, 0.25) is 0 Å². The average molecular weight is 322 g/mol. The van der Waals surface area contributed by atoms with Crippen LogP contribution in [0.15, 0.2) is 53.6 Å². The molecule has 1 unspecified atom stereocenters. The van der Waals surface area contributed by atoms with Gasteiger partial charge in [-0.3, -0.25) is 14.3 Å². The van der Waals surface area contributed by atoms with E-state index in [1.165, 1.54) is 0 Å². The fourth-order valence-corrected chi connectivity index (χ4v) is 3.33. The van der Waals surface area contributed by atoms with Crippen molar-refractivity contribution >= 4 is 16.8 Å². The van der Waals surface area contributed by atoms with Crippen LogP contribution in [0, 0.1) is 0 Å². The number of H-pyrrole nitrogens is 1. The van der Waals surface area contributed by atoms with Crippen molar-refractivity contribution in [3.05, 3.63) is 64.7 Å². The van der Waals surface area contributed by atoms with Crippen molar-refractivity contribution in [2.45, 2.75) is 18.9 Å². The molecule has 1 N–H and O–H groups in total. The number of aromatic amines is 1. The van der Waals surface area contributed by atoms with Crippen molar-refractivity contribution in [1.82, 2.24) is 19.7 Å². The summed E-state index contributed by atoms with van der Waals surface area (Å²) in [6, 6.07) is 11.2. The molecular formula is C18H18N4O2. The number of nitrogens with one attached hydrogen (secondary N) is 1. The monoisotopic (exact) mass is 322 g/mol. The molecule has 1 atom stereocenters. The van der Waals surface area contributed by atoms with Gasteiger partial charge in [0, 0.05) is 31.0 Å². The minimum atomic E-state index is -0.333. The number of fused-ring (bicyclic) bond motifs is 1. The molecule has 0 saturated carbocycles. The zero-order valence-electron chi connectivity index (χ0n) is 13.2. The number of hydrogen-bond donors (Lipinski definition) is 1. The Bertz CT molecular complexity index is 930. The lowest BCUT2D eigenvalue weighted by atomic mass is 10.0. The number of rotatable bonds is 2. The average Bonchev–Trinajstić information content (AvgIpc) is 3.15. The summed E-state index contributed by atoms with van der Waals surface area (Å²) in [5.41, 5.74) is 0.613. The van der Waals surface area contributed by atoms with Gasteiger partial charge >= 0.3 is 0 Å². The zero-order chi connectivity index (χ0) is 16.5. The quantitative estimate of drug-likeness (QED) is 0.786. The summed E-state index contributed by atoms with van der Waals surface area (Å²) < 4.78 is 1.89. The van der Waals surface area contributed by atoms with E-state index in [-0.39, 0.29) is 23.1 Å². The molecule has 1 aromatic carbocycles. The Morgan fingerprint density at radius 2 is 2.12 bits per heavy atom. The SMILES string of the molecule is O=C(c1cc2ccccc2[nH]c1=O)N1CCCC(n2cccn2)C1. The summed E-state index contributed by atoms with van der Waals surface area (Å²) in [6.07, 6.45) is 5.55. The first kappa shape index (κ1) is 14.7. The fourth-order valence-electron chi connectivity index (χ4n) is 3.33. The maximum atomic E-state index is 12.9. The highest BCUT2D eigenvalue weighted by molar-refractivity contribution is 5.97. The highest BCUT2D eigenvalue weighted by Gasteiger charge is 2.27. The Labute approximate surface area is 138 Å². The van der Waals surface area contributed by atoms with Crippen molar-refractivity contribution in [2.24, 2.45) is 0 Å². The minimum Gasteiger partial charge on any atom is -0.336 e. The fraction of sp³-hybridized carbons (Fsp3) is 0.278. The highest BCUT2D eigenvalue weighted by atomic mass is 16.2. The first-order valence-corrected chi connectivity index (χ1v) is 8.13. The van der Waals surface area contributed by atoms with Gasteiger partial charge < -0.3 is 9.88 Å². The number of pyridine rings is 1. The third-order valence-corrected chi connectivity index (χ3v) is 4.57.